The Morgan fingerprint density at radius 3 is 2.64 bits per heavy atom. The Kier molecular flexibility index (Phi) is 13.6. The summed E-state index contributed by atoms with van der Waals surface area (Å²) in [6.45, 7) is 13.7. The number of nitrogens with one attached hydrogen (secondary N) is 1. The van der Waals surface area contributed by atoms with E-state index >= 15 is 0 Å². The summed E-state index contributed by atoms with van der Waals surface area (Å²) in [4.78, 5) is 27.6. The minimum absolute atomic E-state index is 0.00213. The van der Waals surface area contributed by atoms with E-state index in [1.807, 2.05) is 40.7 Å². The molecular formula is C34H56N2O9. The normalized spacial score (nSPS) is 35.4. The molecule has 4 N–H and O–H groups in total. The molecule has 45 heavy (non-hydrogen) atoms. The van der Waals surface area contributed by atoms with Gasteiger partial charge in [-0.15, -0.1) is 0 Å². The van der Waals surface area contributed by atoms with Crippen LogP contribution in [0.1, 0.15) is 73.6 Å². The number of hydrogen-bond acceptors (Lipinski definition) is 10. The molecule has 3 heterocycles. The van der Waals surface area contributed by atoms with Crippen molar-refractivity contribution >= 4 is 12.1 Å². The number of amides is 1. The molecule has 0 aromatic rings. The Morgan fingerprint density at radius 2 is 2.00 bits per heavy atom. The molecule has 0 aromatic heterocycles. The number of methoxy groups -OCH3 is 1. The lowest BCUT2D eigenvalue weighted by molar-refractivity contribution is -0.151. The maximum absolute atomic E-state index is 13.1. The van der Waals surface area contributed by atoms with Gasteiger partial charge in [-0.1, -0.05) is 45.1 Å². The largest absolute Gasteiger partial charge is 0.457 e. The van der Waals surface area contributed by atoms with Crippen molar-refractivity contribution in [3.63, 3.8) is 0 Å². The summed E-state index contributed by atoms with van der Waals surface area (Å²) < 4.78 is 23.5. The molecule has 10 atom stereocenters. The van der Waals surface area contributed by atoms with Crippen LogP contribution in [0.5, 0.6) is 0 Å². The number of cyclic esters (lactones) is 1. The maximum atomic E-state index is 13.1. The van der Waals surface area contributed by atoms with Crippen LogP contribution < -0.4 is 5.32 Å². The zero-order valence-corrected chi connectivity index (χ0v) is 28.1. The van der Waals surface area contributed by atoms with E-state index in [1.54, 1.807) is 43.2 Å². The molecule has 256 valence electrons. The third kappa shape index (κ3) is 10.9. The van der Waals surface area contributed by atoms with Gasteiger partial charge in [0.05, 0.1) is 36.4 Å². The number of carbonyl (C=O) groups excluding carboxylic acids is 2. The van der Waals surface area contributed by atoms with Crippen LogP contribution in [0.3, 0.4) is 0 Å². The lowest BCUT2D eigenvalue weighted by Crippen LogP contribution is -2.50. The molecule has 0 saturated carbocycles. The van der Waals surface area contributed by atoms with Crippen LogP contribution in [0, 0.1) is 11.8 Å². The Hall–Kier alpha value is -2.28. The second-order valence-electron chi connectivity index (χ2n) is 13.4. The molecule has 11 nitrogen and oxygen atoms in total. The van der Waals surface area contributed by atoms with E-state index in [9.17, 15) is 24.9 Å². The highest BCUT2D eigenvalue weighted by molar-refractivity contribution is 5.70. The Morgan fingerprint density at radius 1 is 1.31 bits per heavy atom. The molecule has 1 amide bonds. The van der Waals surface area contributed by atoms with Crippen LogP contribution in [0.4, 0.5) is 4.79 Å². The molecule has 0 bridgehead atoms. The molecule has 3 aliphatic rings. The Labute approximate surface area is 268 Å². The van der Waals surface area contributed by atoms with Crippen LogP contribution >= 0.6 is 0 Å². The van der Waals surface area contributed by atoms with E-state index in [4.69, 9.17) is 18.9 Å². The lowest BCUT2D eigenvalue weighted by Gasteiger charge is -2.37. The van der Waals surface area contributed by atoms with E-state index in [1.165, 1.54) is 0 Å². The Balaban J connectivity index is 1.77. The van der Waals surface area contributed by atoms with Crippen LogP contribution in [0.25, 0.3) is 0 Å². The van der Waals surface area contributed by atoms with Gasteiger partial charge in [-0.3, -0.25) is 4.79 Å². The maximum Gasteiger partial charge on any atom is 0.410 e. The predicted molar refractivity (Wildman–Crippen MR) is 170 cm³/mol. The molecule has 0 aliphatic carbocycles. The highest BCUT2D eigenvalue weighted by atomic mass is 16.6. The summed E-state index contributed by atoms with van der Waals surface area (Å²) in [6.07, 6.45) is 6.95. The third-order valence-corrected chi connectivity index (χ3v) is 9.42. The van der Waals surface area contributed by atoms with Gasteiger partial charge in [0.1, 0.15) is 11.7 Å². The zero-order valence-electron chi connectivity index (χ0n) is 28.1. The summed E-state index contributed by atoms with van der Waals surface area (Å²) in [7, 11) is 1.55. The van der Waals surface area contributed by atoms with E-state index in [0.29, 0.717) is 45.4 Å². The first-order valence-electron chi connectivity index (χ1n) is 16.4. The number of ether oxygens (including phenoxy) is 4. The monoisotopic (exact) mass is 636 g/mol. The number of rotatable bonds is 10. The first kappa shape index (κ1) is 37.2. The number of esters is 1. The van der Waals surface area contributed by atoms with Crippen molar-refractivity contribution in [3.05, 3.63) is 36.0 Å². The van der Waals surface area contributed by atoms with Gasteiger partial charge in [0.15, 0.2) is 6.10 Å². The standard InChI is InChI=1S/C34H56N2O9/c1-8-26(38)24(4)31-27(43-31)21-33(5,41)14-9-10-22(2)30-23(3)11-12-28(44-32(40)36-18-16-35-17-19-36)34(6,42-7)15-13-25(37)20-29(39)45-30/h9-12,14,23-28,30-31,35,37-38,41H,8,13,15-21H2,1-7H3/b12-11+,14-9+,22-10+/t23-,24+,25+,26-,27+,28-,30+,31+,33-,34+/m0/s1. The summed E-state index contributed by atoms with van der Waals surface area (Å²) >= 11 is 0. The van der Waals surface area contributed by atoms with Crippen molar-refractivity contribution in [1.82, 2.24) is 10.2 Å². The molecule has 11 heteroatoms. The van der Waals surface area contributed by atoms with E-state index in [0.717, 1.165) is 5.57 Å². The van der Waals surface area contributed by atoms with Gasteiger partial charge >= 0.3 is 12.1 Å². The first-order valence-corrected chi connectivity index (χ1v) is 16.4. The molecule has 2 saturated heterocycles. The zero-order chi connectivity index (χ0) is 33.4. The molecule has 0 spiro atoms. The van der Waals surface area contributed by atoms with Gasteiger partial charge in [-0.25, -0.2) is 4.79 Å². The van der Waals surface area contributed by atoms with Crippen LogP contribution in [0.2, 0.25) is 0 Å². The van der Waals surface area contributed by atoms with Gasteiger partial charge in [0, 0.05) is 51.5 Å². The molecular weight excluding hydrogens is 580 g/mol. The number of piperazine rings is 1. The molecule has 2 fully saturated rings. The second-order valence-corrected chi connectivity index (χ2v) is 13.4. The SMILES string of the molecule is CC[C@H](O)[C@@H](C)[C@H]1O[C@@H]1C[C@@](C)(O)/C=C/C=C(\C)[C@H]1OC(=O)C[C@H](O)CC[C@@](C)(OC)[C@@H](OC(=O)N2CCNCC2)/C=C/[C@@H]1C. The van der Waals surface area contributed by atoms with E-state index < -0.39 is 47.7 Å². The topological polar surface area (TPSA) is 150 Å². The predicted octanol–water partition coefficient (Wildman–Crippen LogP) is 3.27. The van der Waals surface area contributed by atoms with Crippen LogP contribution in [-0.4, -0.2) is 113 Å². The van der Waals surface area contributed by atoms with E-state index in [2.05, 4.69) is 5.32 Å². The number of nitrogens with zero attached hydrogens (tertiary/aromatic N) is 1. The highest BCUT2D eigenvalue weighted by Crippen LogP contribution is 2.37. The van der Waals surface area contributed by atoms with Gasteiger partial charge in [0.2, 0.25) is 0 Å². The van der Waals surface area contributed by atoms with Crippen molar-refractivity contribution in [3.8, 4) is 0 Å². The summed E-state index contributed by atoms with van der Waals surface area (Å²) in [6, 6.07) is 0. The number of allylic oxidation sites excluding steroid dienone is 2. The van der Waals surface area contributed by atoms with Crippen molar-refractivity contribution in [2.45, 2.75) is 121 Å². The van der Waals surface area contributed by atoms with Gasteiger partial charge in [-0.2, -0.15) is 0 Å². The number of aliphatic hydroxyl groups excluding tert-OH is 2. The highest BCUT2D eigenvalue weighted by Gasteiger charge is 2.47. The molecule has 3 rings (SSSR count). The van der Waals surface area contributed by atoms with Gasteiger partial charge < -0.3 is 44.5 Å². The lowest BCUT2D eigenvalue weighted by atomic mass is 9.88. The average molecular weight is 637 g/mol. The molecule has 3 aliphatic heterocycles. The van der Waals surface area contributed by atoms with Crippen molar-refractivity contribution < 1.29 is 43.9 Å². The van der Waals surface area contributed by atoms with Gasteiger partial charge in [0.25, 0.3) is 0 Å². The van der Waals surface area contributed by atoms with Crippen molar-refractivity contribution in [2.24, 2.45) is 11.8 Å². The fraction of sp³-hybridized carbons (Fsp3) is 0.765. The fourth-order valence-electron chi connectivity index (χ4n) is 6.04. The van der Waals surface area contributed by atoms with Crippen molar-refractivity contribution in [1.29, 1.82) is 0 Å². The fourth-order valence-corrected chi connectivity index (χ4v) is 6.04. The van der Waals surface area contributed by atoms with Crippen LogP contribution in [0.15, 0.2) is 36.0 Å². The number of hydrogen-bond donors (Lipinski definition) is 4. The van der Waals surface area contributed by atoms with Crippen LogP contribution in [-0.2, 0) is 23.7 Å². The van der Waals surface area contributed by atoms with Crippen molar-refractivity contribution in [2.75, 3.05) is 33.3 Å². The summed E-state index contributed by atoms with van der Waals surface area (Å²) in [5.74, 6) is -0.833. The first-order chi connectivity index (χ1) is 21.2. The second kappa shape index (κ2) is 16.5. The number of aliphatic hydroxyl groups is 3. The number of carbonyl (C=O) groups is 2. The average Bonchev–Trinajstić information content (AvgIpc) is 3.77. The Bertz CT molecular complexity index is 1070. The smallest absolute Gasteiger partial charge is 0.410 e. The quantitative estimate of drug-likeness (QED) is 0.122. The molecule has 0 aromatic carbocycles. The van der Waals surface area contributed by atoms with E-state index in [-0.39, 0.29) is 36.9 Å². The summed E-state index contributed by atoms with van der Waals surface area (Å²) in [5, 5.41) is 35.0. The molecule has 0 unspecified atom stereocenters. The van der Waals surface area contributed by atoms with Gasteiger partial charge in [-0.05, 0) is 51.7 Å². The minimum Gasteiger partial charge on any atom is -0.457 e. The summed E-state index contributed by atoms with van der Waals surface area (Å²) in [5.41, 5.74) is -1.34. The third-order valence-electron chi connectivity index (χ3n) is 9.42. The minimum atomic E-state index is -1.14. The molecule has 0 radical (unpaired) electrons. The number of epoxide rings is 1.